The third kappa shape index (κ3) is 3.84. The molecule has 0 spiro atoms. The highest BCUT2D eigenvalue weighted by atomic mass is 35.5. The van der Waals surface area contributed by atoms with Crippen molar-refractivity contribution in [3.05, 3.63) is 64.8 Å². The maximum Gasteiger partial charge on any atom is 0.282 e. The highest BCUT2D eigenvalue weighted by molar-refractivity contribution is 7.90. The SMILES string of the molecule is CS(=O)(=O)c1c(F)cc(-n2nc(C(F)F)cc2-c2cccc(Cl)c2)cc1F. The van der Waals surface area contributed by atoms with Crippen molar-refractivity contribution >= 4 is 21.4 Å². The molecular weight excluding hydrogens is 408 g/mol. The van der Waals surface area contributed by atoms with Gasteiger partial charge in [0.1, 0.15) is 22.2 Å². The Bertz CT molecular complexity index is 1110. The normalized spacial score (nSPS) is 12.0. The van der Waals surface area contributed by atoms with Crippen molar-refractivity contribution < 1.29 is 26.0 Å². The van der Waals surface area contributed by atoms with Gasteiger partial charge in [0.2, 0.25) is 0 Å². The predicted molar refractivity (Wildman–Crippen MR) is 92.0 cm³/mol. The standard InChI is InChI=1S/C17H11ClF4N2O2S/c1-27(25,26)16-12(19)6-11(7-13(16)20)24-15(8-14(23-24)17(21)22)9-3-2-4-10(18)5-9/h2-8,17H,1H3. The molecule has 2 aromatic carbocycles. The third-order valence-corrected chi connectivity index (χ3v) is 5.04. The molecule has 27 heavy (non-hydrogen) atoms. The van der Waals surface area contributed by atoms with Gasteiger partial charge in [0, 0.05) is 29.0 Å². The third-order valence-electron chi connectivity index (χ3n) is 3.67. The van der Waals surface area contributed by atoms with E-state index in [-0.39, 0.29) is 11.4 Å². The van der Waals surface area contributed by atoms with E-state index in [1.54, 1.807) is 18.2 Å². The van der Waals surface area contributed by atoms with Gasteiger partial charge in [-0.3, -0.25) is 0 Å². The molecule has 1 heterocycles. The van der Waals surface area contributed by atoms with Crippen LogP contribution in [0.1, 0.15) is 12.1 Å². The summed E-state index contributed by atoms with van der Waals surface area (Å²) in [5.74, 6) is -2.70. The van der Waals surface area contributed by atoms with E-state index in [1.165, 1.54) is 6.07 Å². The number of hydrogen-bond acceptors (Lipinski definition) is 3. The van der Waals surface area contributed by atoms with Crippen molar-refractivity contribution in [3.8, 4) is 16.9 Å². The molecule has 0 fully saturated rings. The van der Waals surface area contributed by atoms with Crippen LogP contribution in [0.15, 0.2) is 47.4 Å². The minimum atomic E-state index is -4.16. The fourth-order valence-corrected chi connectivity index (χ4v) is 3.60. The van der Waals surface area contributed by atoms with E-state index < -0.39 is 38.5 Å². The molecule has 0 aliphatic carbocycles. The summed E-state index contributed by atoms with van der Waals surface area (Å²) in [6.45, 7) is 0. The Balaban J connectivity index is 2.26. The van der Waals surface area contributed by atoms with Gasteiger partial charge in [-0.05, 0) is 18.2 Å². The van der Waals surface area contributed by atoms with Gasteiger partial charge in [-0.15, -0.1) is 0 Å². The molecular formula is C17H11ClF4N2O2S. The van der Waals surface area contributed by atoms with E-state index in [0.717, 1.165) is 22.9 Å². The van der Waals surface area contributed by atoms with Crippen LogP contribution in [0.25, 0.3) is 16.9 Å². The van der Waals surface area contributed by atoms with Gasteiger partial charge in [-0.25, -0.2) is 30.7 Å². The van der Waals surface area contributed by atoms with Crippen LogP contribution in [0.2, 0.25) is 5.02 Å². The topological polar surface area (TPSA) is 52.0 Å². The Morgan fingerprint density at radius 2 is 1.70 bits per heavy atom. The highest BCUT2D eigenvalue weighted by Crippen LogP contribution is 2.31. The molecule has 1 aromatic heterocycles. The molecule has 0 aliphatic heterocycles. The number of halogens is 5. The van der Waals surface area contributed by atoms with E-state index in [4.69, 9.17) is 11.6 Å². The molecule has 0 saturated carbocycles. The first kappa shape index (κ1) is 19.4. The number of aromatic nitrogens is 2. The highest BCUT2D eigenvalue weighted by Gasteiger charge is 2.23. The summed E-state index contributed by atoms with van der Waals surface area (Å²) in [4.78, 5) is -1.10. The van der Waals surface area contributed by atoms with Crippen molar-refractivity contribution in [2.75, 3.05) is 6.26 Å². The predicted octanol–water partition coefficient (Wildman–Crippen LogP) is 4.81. The molecule has 0 saturated heterocycles. The van der Waals surface area contributed by atoms with Crippen LogP contribution in [0.5, 0.6) is 0 Å². The van der Waals surface area contributed by atoms with Crippen LogP contribution in [0.3, 0.4) is 0 Å². The van der Waals surface area contributed by atoms with Gasteiger partial charge in [0.15, 0.2) is 9.84 Å². The van der Waals surface area contributed by atoms with Crippen molar-refractivity contribution in [3.63, 3.8) is 0 Å². The fraction of sp³-hybridized carbons (Fsp3) is 0.118. The van der Waals surface area contributed by atoms with E-state index in [0.29, 0.717) is 16.8 Å². The second-order valence-electron chi connectivity index (χ2n) is 5.69. The van der Waals surface area contributed by atoms with Gasteiger partial charge < -0.3 is 0 Å². The van der Waals surface area contributed by atoms with Crippen LogP contribution < -0.4 is 0 Å². The first-order valence-corrected chi connectivity index (χ1v) is 9.68. The molecule has 3 aromatic rings. The van der Waals surface area contributed by atoms with Gasteiger partial charge >= 0.3 is 0 Å². The first-order chi connectivity index (χ1) is 12.6. The minimum absolute atomic E-state index is 0.110. The number of rotatable bonds is 4. The van der Waals surface area contributed by atoms with Crippen LogP contribution in [-0.2, 0) is 9.84 Å². The summed E-state index contributed by atoms with van der Waals surface area (Å²) < 4.78 is 78.7. The molecule has 0 bridgehead atoms. The fourth-order valence-electron chi connectivity index (χ4n) is 2.58. The molecule has 0 unspecified atom stereocenters. The molecule has 3 rings (SSSR count). The van der Waals surface area contributed by atoms with E-state index in [2.05, 4.69) is 5.10 Å². The van der Waals surface area contributed by atoms with Crippen molar-refractivity contribution in [1.82, 2.24) is 9.78 Å². The number of sulfone groups is 1. The number of benzene rings is 2. The Labute approximate surface area is 156 Å². The molecule has 4 nitrogen and oxygen atoms in total. The van der Waals surface area contributed by atoms with Gasteiger partial charge in [0.05, 0.1) is 11.4 Å². The van der Waals surface area contributed by atoms with Crippen molar-refractivity contribution in [2.45, 2.75) is 11.3 Å². The lowest BCUT2D eigenvalue weighted by Gasteiger charge is -2.10. The Kier molecular flexibility index (Phi) is 5.00. The maximum absolute atomic E-state index is 14.2. The zero-order chi connectivity index (χ0) is 19.9. The quantitative estimate of drug-likeness (QED) is 0.571. The number of nitrogens with zero attached hydrogens (tertiary/aromatic N) is 2. The Morgan fingerprint density at radius 3 is 2.22 bits per heavy atom. The average Bonchev–Trinajstić information content (AvgIpc) is 2.98. The lowest BCUT2D eigenvalue weighted by Crippen LogP contribution is -2.08. The second kappa shape index (κ2) is 6.97. The maximum atomic E-state index is 14.2. The summed E-state index contributed by atoms with van der Waals surface area (Å²) in [5.41, 5.74) is -0.370. The Morgan fingerprint density at radius 1 is 1.07 bits per heavy atom. The smallest absolute Gasteiger partial charge is 0.232 e. The molecule has 0 radical (unpaired) electrons. The summed E-state index contributed by atoms with van der Waals surface area (Å²) in [7, 11) is -4.16. The summed E-state index contributed by atoms with van der Waals surface area (Å²) in [6, 6.07) is 8.68. The largest absolute Gasteiger partial charge is 0.282 e. The first-order valence-electron chi connectivity index (χ1n) is 7.41. The number of alkyl halides is 2. The van der Waals surface area contributed by atoms with Crippen molar-refractivity contribution in [1.29, 1.82) is 0 Å². The zero-order valence-corrected chi connectivity index (χ0v) is 15.2. The van der Waals surface area contributed by atoms with Crippen LogP contribution in [0, 0.1) is 11.6 Å². The van der Waals surface area contributed by atoms with E-state index >= 15 is 0 Å². The lowest BCUT2D eigenvalue weighted by molar-refractivity contribution is 0.145. The van der Waals surface area contributed by atoms with E-state index in [9.17, 15) is 26.0 Å². The van der Waals surface area contributed by atoms with Gasteiger partial charge in [0.25, 0.3) is 6.43 Å². The molecule has 0 aliphatic rings. The van der Waals surface area contributed by atoms with Crippen LogP contribution in [-0.4, -0.2) is 24.5 Å². The van der Waals surface area contributed by atoms with Crippen LogP contribution >= 0.6 is 11.6 Å². The zero-order valence-electron chi connectivity index (χ0n) is 13.6. The van der Waals surface area contributed by atoms with Crippen LogP contribution in [0.4, 0.5) is 17.6 Å². The Hall–Kier alpha value is -2.39. The summed E-state index contributed by atoms with van der Waals surface area (Å²) in [6.07, 6.45) is -2.26. The van der Waals surface area contributed by atoms with Crippen molar-refractivity contribution in [2.24, 2.45) is 0 Å². The molecule has 0 atom stereocenters. The lowest BCUT2D eigenvalue weighted by atomic mass is 10.1. The molecule has 142 valence electrons. The molecule has 0 N–H and O–H groups in total. The average molecular weight is 419 g/mol. The van der Waals surface area contributed by atoms with Gasteiger partial charge in [-0.1, -0.05) is 23.7 Å². The second-order valence-corrected chi connectivity index (χ2v) is 8.08. The van der Waals surface area contributed by atoms with E-state index in [1.807, 2.05) is 0 Å². The molecule has 10 heteroatoms. The monoisotopic (exact) mass is 418 g/mol. The van der Waals surface area contributed by atoms with Gasteiger partial charge in [-0.2, -0.15) is 5.10 Å². The summed E-state index contributed by atoms with van der Waals surface area (Å²) in [5, 5.41) is 4.02. The molecule has 0 amide bonds. The summed E-state index contributed by atoms with van der Waals surface area (Å²) >= 11 is 5.92. The minimum Gasteiger partial charge on any atom is -0.232 e. The number of hydrogen-bond donors (Lipinski definition) is 0.